The van der Waals surface area contributed by atoms with Crippen molar-refractivity contribution in [1.29, 1.82) is 0 Å². The van der Waals surface area contributed by atoms with Gasteiger partial charge in [0.15, 0.2) is 5.82 Å². The lowest BCUT2D eigenvalue weighted by molar-refractivity contribution is -0.121. The quantitative estimate of drug-likeness (QED) is 0.768. The maximum Gasteiger partial charge on any atom is 0.227 e. The zero-order valence-electron chi connectivity index (χ0n) is 15.7. The van der Waals surface area contributed by atoms with Gasteiger partial charge in [-0.3, -0.25) is 4.79 Å². The van der Waals surface area contributed by atoms with E-state index in [0.29, 0.717) is 37.9 Å². The molecule has 0 unspecified atom stereocenters. The number of nitrogens with zero attached hydrogens (tertiary/aromatic N) is 2. The fraction of sp³-hybridized carbons (Fsp3) is 0.550. The van der Waals surface area contributed by atoms with Crippen LogP contribution in [0.15, 0.2) is 28.8 Å². The Bertz CT molecular complexity index is 756. The van der Waals surface area contributed by atoms with Crippen molar-refractivity contribution < 1.29 is 18.4 Å². The summed E-state index contributed by atoms with van der Waals surface area (Å²) in [6.07, 6.45) is 3.92. The molecule has 1 aromatic heterocycles. The molecule has 0 spiro atoms. The molecule has 146 valence electrons. The summed E-state index contributed by atoms with van der Waals surface area (Å²) >= 11 is 0. The molecule has 1 N–H and O–H groups in total. The summed E-state index contributed by atoms with van der Waals surface area (Å²) in [5.41, 5.74) is 0.613. The lowest BCUT2D eigenvalue weighted by Crippen LogP contribution is -2.44. The van der Waals surface area contributed by atoms with E-state index in [1.165, 1.54) is 6.07 Å². The third-order valence-electron chi connectivity index (χ3n) is 5.06. The Morgan fingerprint density at radius 3 is 2.85 bits per heavy atom. The molecule has 6 nitrogen and oxygen atoms in total. The number of amides is 1. The number of carbonyl (C=O) groups is 1. The fourth-order valence-corrected chi connectivity index (χ4v) is 3.44. The Morgan fingerprint density at radius 2 is 2.11 bits per heavy atom. The summed E-state index contributed by atoms with van der Waals surface area (Å²) in [6.45, 7) is 3.72. The monoisotopic (exact) mass is 375 g/mol. The third-order valence-corrected chi connectivity index (χ3v) is 5.06. The number of hydrogen-bond acceptors (Lipinski definition) is 5. The van der Waals surface area contributed by atoms with Crippen LogP contribution in [0.25, 0.3) is 0 Å². The summed E-state index contributed by atoms with van der Waals surface area (Å²) in [7, 11) is 0. The molecule has 0 bridgehead atoms. The Morgan fingerprint density at radius 1 is 1.30 bits per heavy atom. The van der Waals surface area contributed by atoms with Crippen LogP contribution in [0.1, 0.15) is 49.9 Å². The van der Waals surface area contributed by atoms with Gasteiger partial charge in [0.05, 0.1) is 0 Å². The van der Waals surface area contributed by atoms with E-state index in [9.17, 15) is 9.18 Å². The number of halogens is 1. The van der Waals surface area contributed by atoms with Crippen LogP contribution in [-0.2, 0) is 27.8 Å². The van der Waals surface area contributed by atoms with E-state index >= 15 is 0 Å². The van der Waals surface area contributed by atoms with Gasteiger partial charge >= 0.3 is 0 Å². The molecule has 1 amide bonds. The average molecular weight is 375 g/mol. The van der Waals surface area contributed by atoms with E-state index < -0.39 is 0 Å². The van der Waals surface area contributed by atoms with Crippen molar-refractivity contribution in [1.82, 2.24) is 15.5 Å². The first kappa shape index (κ1) is 19.5. The maximum atomic E-state index is 13.7. The van der Waals surface area contributed by atoms with Gasteiger partial charge < -0.3 is 14.6 Å². The van der Waals surface area contributed by atoms with Crippen molar-refractivity contribution in [2.45, 2.75) is 50.9 Å². The average Bonchev–Trinajstić information content (AvgIpc) is 3.13. The van der Waals surface area contributed by atoms with Gasteiger partial charge in [0, 0.05) is 44.4 Å². The summed E-state index contributed by atoms with van der Waals surface area (Å²) < 4.78 is 24.4. The second-order valence-electron chi connectivity index (χ2n) is 7.03. The Labute approximate surface area is 158 Å². The van der Waals surface area contributed by atoms with Gasteiger partial charge in [-0.2, -0.15) is 4.98 Å². The van der Waals surface area contributed by atoms with E-state index in [1.807, 2.05) is 13.0 Å². The Hall–Kier alpha value is -2.28. The standard InChI is InChI=1S/C20H26FN3O3/c1-2-4-17-23-19(27-24-17)8-7-18(25)22-14-20(9-11-26-12-10-20)15-5-3-6-16(21)13-15/h3,5-6,13H,2,4,7-12,14H2,1H3,(H,22,25). The highest BCUT2D eigenvalue weighted by atomic mass is 19.1. The van der Waals surface area contributed by atoms with Gasteiger partial charge in [-0.1, -0.05) is 24.2 Å². The lowest BCUT2D eigenvalue weighted by Gasteiger charge is -2.38. The van der Waals surface area contributed by atoms with Gasteiger partial charge in [0.2, 0.25) is 11.8 Å². The van der Waals surface area contributed by atoms with E-state index in [1.54, 1.807) is 12.1 Å². The molecule has 1 aliphatic heterocycles. The third kappa shape index (κ3) is 5.13. The molecule has 1 saturated heterocycles. The largest absolute Gasteiger partial charge is 0.381 e. The van der Waals surface area contributed by atoms with Gasteiger partial charge in [0.25, 0.3) is 0 Å². The number of carbonyl (C=O) groups excluding carboxylic acids is 1. The lowest BCUT2D eigenvalue weighted by atomic mass is 9.74. The van der Waals surface area contributed by atoms with Gasteiger partial charge in [-0.15, -0.1) is 0 Å². The highest BCUT2D eigenvalue weighted by Gasteiger charge is 2.35. The zero-order valence-corrected chi connectivity index (χ0v) is 15.7. The van der Waals surface area contributed by atoms with Crippen LogP contribution in [0.4, 0.5) is 4.39 Å². The Balaban J connectivity index is 1.57. The normalized spacial score (nSPS) is 16.2. The molecular weight excluding hydrogens is 349 g/mol. The van der Waals surface area contributed by atoms with Crippen LogP contribution in [0.2, 0.25) is 0 Å². The number of aryl methyl sites for hydroxylation is 2. The molecule has 0 saturated carbocycles. The first-order valence-electron chi connectivity index (χ1n) is 9.53. The summed E-state index contributed by atoms with van der Waals surface area (Å²) in [4.78, 5) is 16.6. The number of benzene rings is 1. The number of ether oxygens (including phenoxy) is 1. The molecule has 27 heavy (non-hydrogen) atoms. The number of aromatic nitrogens is 2. The smallest absolute Gasteiger partial charge is 0.227 e. The molecule has 3 rings (SSSR count). The number of nitrogens with one attached hydrogen (secondary N) is 1. The first-order valence-corrected chi connectivity index (χ1v) is 9.53. The fourth-order valence-electron chi connectivity index (χ4n) is 3.44. The van der Waals surface area contributed by atoms with Gasteiger partial charge in [0.1, 0.15) is 5.82 Å². The van der Waals surface area contributed by atoms with Crippen molar-refractivity contribution in [2.75, 3.05) is 19.8 Å². The van der Waals surface area contributed by atoms with E-state index in [2.05, 4.69) is 15.5 Å². The SMILES string of the molecule is CCCc1noc(CCC(=O)NCC2(c3cccc(F)c3)CCOCC2)n1. The molecule has 0 aliphatic carbocycles. The second kappa shape index (κ2) is 9.08. The minimum absolute atomic E-state index is 0.0764. The van der Waals surface area contributed by atoms with Crippen LogP contribution < -0.4 is 5.32 Å². The van der Waals surface area contributed by atoms with Crippen LogP contribution in [-0.4, -0.2) is 35.8 Å². The van der Waals surface area contributed by atoms with Gasteiger partial charge in [-0.05, 0) is 37.0 Å². The number of rotatable bonds is 8. The first-order chi connectivity index (χ1) is 13.1. The van der Waals surface area contributed by atoms with Gasteiger partial charge in [-0.25, -0.2) is 4.39 Å². The molecule has 0 radical (unpaired) electrons. The van der Waals surface area contributed by atoms with Crippen molar-refractivity contribution in [3.8, 4) is 0 Å². The summed E-state index contributed by atoms with van der Waals surface area (Å²) in [5.74, 6) is 0.830. The summed E-state index contributed by atoms with van der Waals surface area (Å²) in [5, 5.41) is 6.90. The minimum Gasteiger partial charge on any atom is -0.381 e. The minimum atomic E-state index is -0.297. The van der Waals surface area contributed by atoms with E-state index in [-0.39, 0.29) is 23.6 Å². The van der Waals surface area contributed by atoms with Crippen LogP contribution >= 0.6 is 0 Å². The molecule has 2 heterocycles. The highest BCUT2D eigenvalue weighted by molar-refractivity contribution is 5.76. The van der Waals surface area contributed by atoms with Crippen molar-refractivity contribution in [2.24, 2.45) is 0 Å². The molecule has 0 atom stereocenters. The van der Waals surface area contributed by atoms with Crippen LogP contribution in [0.5, 0.6) is 0 Å². The molecule has 2 aromatic rings. The van der Waals surface area contributed by atoms with Crippen molar-refractivity contribution >= 4 is 5.91 Å². The van der Waals surface area contributed by atoms with Crippen LogP contribution in [0, 0.1) is 5.82 Å². The predicted molar refractivity (Wildman–Crippen MR) is 97.8 cm³/mol. The van der Waals surface area contributed by atoms with E-state index in [4.69, 9.17) is 9.26 Å². The molecule has 1 fully saturated rings. The molecule has 1 aliphatic rings. The summed E-state index contributed by atoms with van der Waals surface area (Å²) in [6, 6.07) is 6.64. The zero-order chi connectivity index (χ0) is 19.1. The van der Waals surface area contributed by atoms with E-state index in [0.717, 1.165) is 31.2 Å². The maximum absolute atomic E-state index is 13.7. The van der Waals surface area contributed by atoms with Crippen molar-refractivity contribution in [3.63, 3.8) is 0 Å². The number of hydrogen-bond donors (Lipinski definition) is 1. The molecular formula is C20H26FN3O3. The molecule has 1 aromatic carbocycles. The topological polar surface area (TPSA) is 77.2 Å². The van der Waals surface area contributed by atoms with Crippen molar-refractivity contribution in [3.05, 3.63) is 47.4 Å². The molecule has 7 heteroatoms. The van der Waals surface area contributed by atoms with Crippen LogP contribution in [0.3, 0.4) is 0 Å². The Kier molecular flexibility index (Phi) is 6.55. The predicted octanol–water partition coefficient (Wildman–Crippen LogP) is 2.96. The highest BCUT2D eigenvalue weighted by Crippen LogP contribution is 2.34. The second-order valence-corrected chi connectivity index (χ2v) is 7.03.